The van der Waals surface area contributed by atoms with Gasteiger partial charge >= 0.3 is 0 Å². The van der Waals surface area contributed by atoms with Gasteiger partial charge in [-0.15, -0.1) is 0 Å². The molecule has 0 amide bonds. The third-order valence-corrected chi connectivity index (χ3v) is 2.37. The Bertz CT molecular complexity index is 415. The van der Waals surface area contributed by atoms with Crippen LogP contribution in [0, 0.1) is 5.82 Å². The molecule has 0 aliphatic rings. The van der Waals surface area contributed by atoms with Crippen LogP contribution in [-0.4, -0.2) is 13.8 Å². The van der Waals surface area contributed by atoms with Crippen molar-refractivity contribution >= 4 is 29.0 Å². The van der Waals surface area contributed by atoms with E-state index in [0.717, 1.165) is 0 Å². The minimum absolute atomic E-state index is 0.127. The summed E-state index contributed by atoms with van der Waals surface area (Å²) in [6.45, 7) is 5.16. The van der Waals surface area contributed by atoms with Gasteiger partial charge < -0.3 is 4.74 Å². The fourth-order valence-corrected chi connectivity index (χ4v) is 1.33. The van der Waals surface area contributed by atoms with E-state index in [1.165, 1.54) is 19.2 Å². The van der Waals surface area contributed by atoms with Gasteiger partial charge in [0.15, 0.2) is 11.6 Å². The number of aliphatic imine (C=N–C) groups is 1. The third kappa shape index (κ3) is 2.36. The maximum atomic E-state index is 13.4. The van der Waals surface area contributed by atoms with E-state index in [4.69, 9.17) is 16.3 Å². The monoisotopic (exact) mass is 227 g/mol. The highest BCUT2D eigenvalue weighted by Gasteiger charge is 2.11. The fraction of sp³-hybridized carbons (Fsp3) is 0.182. The molecule has 0 bridgehead atoms. The van der Waals surface area contributed by atoms with Crippen molar-refractivity contribution in [3.63, 3.8) is 0 Å². The minimum atomic E-state index is -0.472. The normalized spacial score (nSPS) is 11.3. The zero-order chi connectivity index (χ0) is 11.4. The molecule has 15 heavy (non-hydrogen) atoms. The molecule has 0 aliphatic heterocycles. The quantitative estimate of drug-likeness (QED) is 0.721. The first kappa shape index (κ1) is 11.7. The summed E-state index contributed by atoms with van der Waals surface area (Å²) >= 11 is 5.91. The first-order chi connectivity index (χ1) is 7.13. The third-order valence-electron chi connectivity index (χ3n) is 1.95. The maximum absolute atomic E-state index is 13.4. The van der Waals surface area contributed by atoms with Crippen LogP contribution in [0.5, 0.6) is 5.75 Å². The van der Waals surface area contributed by atoms with Crippen molar-refractivity contribution in [1.29, 1.82) is 0 Å². The Hall–Kier alpha value is -1.35. The van der Waals surface area contributed by atoms with Crippen LogP contribution in [-0.2, 0) is 0 Å². The summed E-state index contributed by atoms with van der Waals surface area (Å²) in [5, 5.41) is 0.430. The van der Waals surface area contributed by atoms with Gasteiger partial charge in [-0.25, -0.2) is 4.39 Å². The van der Waals surface area contributed by atoms with Crippen molar-refractivity contribution in [3.05, 3.63) is 29.6 Å². The van der Waals surface area contributed by atoms with E-state index in [1.54, 1.807) is 13.0 Å². The Balaban J connectivity index is 3.40. The first-order valence-electron chi connectivity index (χ1n) is 4.30. The lowest BCUT2D eigenvalue weighted by Gasteiger charge is -2.08. The number of allylic oxidation sites excluding steroid dienone is 1. The largest absolute Gasteiger partial charge is 0.494 e. The summed E-state index contributed by atoms with van der Waals surface area (Å²) in [7, 11) is 1.39. The Morgan fingerprint density at radius 1 is 1.60 bits per heavy atom. The van der Waals surface area contributed by atoms with Gasteiger partial charge in [-0.2, -0.15) is 0 Å². The zero-order valence-corrected chi connectivity index (χ0v) is 9.31. The predicted octanol–water partition coefficient (Wildman–Crippen LogP) is 3.77. The van der Waals surface area contributed by atoms with Gasteiger partial charge in [0.25, 0.3) is 0 Å². The summed E-state index contributed by atoms with van der Waals surface area (Å²) in [5.74, 6) is -0.346. The number of ether oxygens (including phenoxy) is 1. The molecule has 1 rings (SSSR count). The standard InChI is InChI=1S/C11H11ClFNO/c1-4-8(12)7-5-9(13)11(15-3)6-10(7)14-2/h4-6H,2H2,1,3H3/b8-4+. The van der Waals surface area contributed by atoms with Crippen molar-refractivity contribution in [2.45, 2.75) is 6.92 Å². The Kier molecular flexibility index (Phi) is 3.86. The molecule has 4 heteroatoms. The van der Waals surface area contributed by atoms with E-state index >= 15 is 0 Å². The van der Waals surface area contributed by atoms with E-state index in [0.29, 0.717) is 16.3 Å². The first-order valence-corrected chi connectivity index (χ1v) is 4.68. The molecular formula is C11H11ClFNO. The van der Waals surface area contributed by atoms with Crippen molar-refractivity contribution in [2.75, 3.05) is 7.11 Å². The number of nitrogens with zero attached hydrogens (tertiary/aromatic N) is 1. The highest BCUT2D eigenvalue weighted by atomic mass is 35.5. The van der Waals surface area contributed by atoms with Crippen molar-refractivity contribution in [3.8, 4) is 5.75 Å². The second-order valence-electron chi connectivity index (χ2n) is 2.80. The topological polar surface area (TPSA) is 21.6 Å². The molecular weight excluding hydrogens is 217 g/mol. The Morgan fingerprint density at radius 2 is 2.27 bits per heavy atom. The fourth-order valence-electron chi connectivity index (χ4n) is 1.18. The van der Waals surface area contributed by atoms with Crippen LogP contribution in [0.3, 0.4) is 0 Å². The molecule has 0 spiro atoms. The van der Waals surface area contributed by atoms with Gasteiger partial charge in [0.1, 0.15) is 0 Å². The van der Waals surface area contributed by atoms with E-state index in [1.807, 2.05) is 0 Å². The second kappa shape index (κ2) is 4.94. The number of rotatable bonds is 3. The predicted molar refractivity (Wildman–Crippen MR) is 61.7 cm³/mol. The molecule has 0 unspecified atom stereocenters. The number of benzene rings is 1. The molecule has 0 aliphatic carbocycles. The minimum Gasteiger partial charge on any atom is -0.494 e. The summed E-state index contributed by atoms with van der Waals surface area (Å²) in [6, 6.07) is 2.74. The van der Waals surface area contributed by atoms with Gasteiger partial charge in [-0.3, -0.25) is 4.99 Å². The SMILES string of the molecule is C=Nc1cc(OC)c(F)cc1/C(Cl)=C\C. The van der Waals surface area contributed by atoms with Crippen molar-refractivity contribution in [2.24, 2.45) is 4.99 Å². The maximum Gasteiger partial charge on any atom is 0.165 e. The van der Waals surface area contributed by atoms with Crippen molar-refractivity contribution < 1.29 is 9.13 Å². The highest BCUT2D eigenvalue weighted by Crippen LogP contribution is 2.34. The summed E-state index contributed by atoms with van der Waals surface area (Å²) in [4.78, 5) is 3.77. The molecule has 2 nitrogen and oxygen atoms in total. The second-order valence-corrected chi connectivity index (χ2v) is 3.21. The van der Waals surface area contributed by atoms with Gasteiger partial charge in [0.05, 0.1) is 12.8 Å². The molecule has 0 heterocycles. The van der Waals surface area contributed by atoms with Crippen LogP contribution in [0.15, 0.2) is 23.2 Å². The van der Waals surface area contributed by atoms with Crippen LogP contribution >= 0.6 is 11.6 Å². The van der Waals surface area contributed by atoms with Gasteiger partial charge in [-0.1, -0.05) is 17.7 Å². The lowest BCUT2D eigenvalue weighted by atomic mass is 10.1. The van der Waals surface area contributed by atoms with Crippen LogP contribution in [0.25, 0.3) is 5.03 Å². The molecule has 0 radical (unpaired) electrons. The lowest BCUT2D eigenvalue weighted by molar-refractivity contribution is 0.386. The number of hydrogen-bond donors (Lipinski definition) is 0. The Labute approximate surface area is 93.0 Å². The van der Waals surface area contributed by atoms with Gasteiger partial charge in [0.2, 0.25) is 0 Å². The lowest BCUT2D eigenvalue weighted by Crippen LogP contribution is -1.90. The number of methoxy groups -OCH3 is 1. The van der Waals surface area contributed by atoms with Crippen LogP contribution < -0.4 is 4.74 Å². The molecule has 0 fully saturated rings. The van der Waals surface area contributed by atoms with E-state index in [2.05, 4.69) is 11.7 Å². The highest BCUT2D eigenvalue weighted by molar-refractivity contribution is 6.49. The zero-order valence-electron chi connectivity index (χ0n) is 8.55. The van der Waals surface area contributed by atoms with Crippen molar-refractivity contribution in [1.82, 2.24) is 0 Å². The van der Waals surface area contributed by atoms with Gasteiger partial charge in [-0.05, 0) is 19.7 Å². The molecule has 0 N–H and O–H groups in total. The molecule has 0 atom stereocenters. The molecule has 0 saturated carbocycles. The summed E-state index contributed by atoms with van der Waals surface area (Å²) < 4.78 is 18.2. The molecule has 0 aromatic heterocycles. The summed E-state index contributed by atoms with van der Waals surface area (Å²) in [6.07, 6.45) is 1.66. The smallest absolute Gasteiger partial charge is 0.165 e. The Morgan fingerprint density at radius 3 is 2.73 bits per heavy atom. The van der Waals surface area contributed by atoms with Crippen LogP contribution in [0.2, 0.25) is 0 Å². The molecule has 1 aromatic rings. The average molecular weight is 228 g/mol. The number of halogens is 2. The molecule has 80 valence electrons. The molecule has 1 aromatic carbocycles. The average Bonchev–Trinajstić information content (AvgIpc) is 2.27. The molecule has 0 saturated heterocycles. The number of hydrogen-bond acceptors (Lipinski definition) is 2. The van der Waals surface area contributed by atoms with Crippen LogP contribution in [0.1, 0.15) is 12.5 Å². The summed E-state index contributed by atoms with van der Waals surface area (Å²) in [5.41, 5.74) is 1.00. The van der Waals surface area contributed by atoms with Gasteiger partial charge in [0, 0.05) is 16.7 Å². The van der Waals surface area contributed by atoms with E-state index < -0.39 is 5.82 Å². The van der Waals surface area contributed by atoms with Crippen LogP contribution in [0.4, 0.5) is 10.1 Å². The van der Waals surface area contributed by atoms with E-state index in [-0.39, 0.29) is 5.75 Å². The van der Waals surface area contributed by atoms with E-state index in [9.17, 15) is 4.39 Å².